The zero-order chi connectivity index (χ0) is 22.0. The van der Waals surface area contributed by atoms with Crippen LogP contribution in [0.2, 0.25) is 0 Å². The topological polar surface area (TPSA) is 82.4 Å². The number of benzene rings is 1. The van der Waals surface area contributed by atoms with Gasteiger partial charge < -0.3 is 14.4 Å². The third-order valence-corrected chi connectivity index (χ3v) is 5.87. The summed E-state index contributed by atoms with van der Waals surface area (Å²) in [6, 6.07) is 4.83. The lowest BCUT2D eigenvalue weighted by Gasteiger charge is -2.31. The highest BCUT2D eigenvalue weighted by molar-refractivity contribution is 7.98. The fourth-order valence-corrected chi connectivity index (χ4v) is 4.04. The number of hydrogen-bond donors (Lipinski definition) is 0. The van der Waals surface area contributed by atoms with Crippen LogP contribution in [0, 0.1) is 5.82 Å². The quantitative estimate of drug-likeness (QED) is 0.528. The Labute approximate surface area is 183 Å². The molecule has 1 amide bonds. The molecule has 1 aliphatic rings. The van der Waals surface area contributed by atoms with Crippen LogP contribution >= 0.6 is 11.8 Å². The molecular formula is C21H24FN5O3S. The largest absolute Gasteiger partial charge is 0.447 e. The molecule has 1 saturated heterocycles. The van der Waals surface area contributed by atoms with Gasteiger partial charge in [-0.15, -0.1) is 11.8 Å². The second-order valence-corrected chi connectivity index (χ2v) is 8.40. The summed E-state index contributed by atoms with van der Waals surface area (Å²) in [7, 11) is 0. The van der Waals surface area contributed by atoms with Crippen molar-refractivity contribution in [3.05, 3.63) is 36.5 Å². The van der Waals surface area contributed by atoms with E-state index in [9.17, 15) is 9.18 Å². The van der Waals surface area contributed by atoms with Crippen molar-refractivity contribution >= 4 is 28.9 Å². The summed E-state index contributed by atoms with van der Waals surface area (Å²) in [6.45, 7) is 4.86. The van der Waals surface area contributed by atoms with Gasteiger partial charge in [0.05, 0.1) is 18.3 Å². The van der Waals surface area contributed by atoms with Gasteiger partial charge in [-0.3, -0.25) is 0 Å². The maximum absolute atomic E-state index is 14.1. The molecule has 4 rings (SSSR count). The number of halogens is 1. The molecule has 1 aliphatic heterocycles. The Bertz CT molecular complexity index is 1080. The van der Waals surface area contributed by atoms with E-state index < -0.39 is 0 Å². The van der Waals surface area contributed by atoms with E-state index in [-0.39, 0.29) is 24.1 Å². The molecule has 3 aromatic rings. The molecule has 0 N–H and O–H groups in total. The highest BCUT2D eigenvalue weighted by Gasteiger charge is 2.27. The monoisotopic (exact) mass is 445 g/mol. The summed E-state index contributed by atoms with van der Waals surface area (Å²) in [4.78, 5) is 23.0. The van der Waals surface area contributed by atoms with E-state index in [0.717, 1.165) is 12.8 Å². The van der Waals surface area contributed by atoms with Crippen molar-refractivity contribution in [3.8, 4) is 11.6 Å². The van der Waals surface area contributed by atoms with Crippen LogP contribution in [0.4, 0.5) is 9.18 Å². The smallest absolute Gasteiger partial charge is 0.410 e. The average Bonchev–Trinajstić information content (AvgIpc) is 3.19. The van der Waals surface area contributed by atoms with Gasteiger partial charge in [0, 0.05) is 24.1 Å². The van der Waals surface area contributed by atoms with E-state index in [4.69, 9.17) is 9.47 Å². The predicted molar refractivity (Wildman–Crippen MR) is 115 cm³/mol. The maximum Gasteiger partial charge on any atom is 0.410 e. The molecule has 1 fully saturated rings. The first kappa shape index (κ1) is 21.4. The van der Waals surface area contributed by atoms with E-state index in [2.05, 4.69) is 15.1 Å². The van der Waals surface area contributed by atoms with Gasteiger partial charge in [-0.05, 0) is 45.1 Å². The van der Waals surface area contributed by atoms with Crippen LogP contribution in [0.3, 0.4) is 0 Å². The third kappa shape index (κ3) is 4.58. The second-order valence-electron chi connectivity index (χ2n) is 7.55. The van der Waals surface area contributed by atoms with Crippen LogP contribution in [-0.2, 0) is 4.74 Å². The standard InChI is InChI=1S/C21H24FN5O3S/c1-13(2)29-21(28)26-8-6-14(7-9-26)27-19-16(11-25-27)20(24-12-23-19)30-15-4-5-18(31-3)17(22)10-15/h4-5,10-14H,6-9H2,1-3H3. The number of piperidine rings is 1. The summed E-state index contributed by atoms with van der Waals surface area (Å²) >= 11 is 1.33. The minimum Gasteiger partial charge on any atom is -0.447 e. The highest BCUT2D eigenvalue weighted by atomic mass is 32.2. The van der Waals surface area contributed by atoms with Gasteiger partial charge in [0.15, 0.2) is 5.65 Å². The zero-order valence-corrected chi connectivity index (χ0v) is 18.4. The first-order valence-corrected chi connectivity index (χ1v) is 11.3. The third-order valence-electron chi connectivity index (χ3n) is 5.10. The van der Waals surface area contributed by atoms with Gasteiger partial charge in [-0.2, -0.15) is 5.10 Å². The van der Waals surface area contributed by atoms with Gasteiger partial charge in [-0.1, -0.05) is 0 Å². The molecule has 0 saturated carbocycles. The number of ether oxygens (including phenoxy) is 2. The van der Waals surface area contributed by atoms with Crippen molar-refractivity contribution in [1.29, 1.82) is 0 Å². The number of fused-ring (bicyclic) bond motifs is 1. The molecule has 2 aromatic heterocycles. The molecule has 10 heteroatoms. The van der Waals surface area contributed by atoms with Gasteiger partial charge in [-0.25, -0.2) is 23.8 Å². The molecule has 164 valence electrons. The Balaban J connectivity index is 1.50. The van der Waals surface area contributed by atoms with Crippen molar-refractivity contribution in [3.63, 3.8) is 0 Å². The highest BCUT2D eigenvalue weighted by Crippen LogP contribution is 2.32. The van der Waals surface area contributed by atoms with Crippen molar-refractivity contribution in [2.45, 2.75) is 43.7 Å². The van der Waals surface area contributed by atoms with Crippen LogP contribution < -0.4 is 4.74 Å². The van der Waals surface area contributed by atoms with Gasteiger partial charge in [0.1, 0.15) is 23.3 Å². The van der Waals surface area contributed by atoms with E-state index in [1.165, 1.54) is 24.2 Å². The number of hydrogen-bond acceptors (Lipinski definition) is 7. The van der Waals surface area contributed by atoms with Gasteiger partial charge >= 0.3 is 6.09 Å². The van der Waals surface area contributed by atoms with Crippen LogP contribution in [0.5, 0.6) is 11.6 Å². The van der Waals surface area contributed by atoms with E-state index >= 15 is 0 Å². The predicted octanol–water partition coefficient (Wildman–Crippen LogP) is 4.66. The van der Waals surface area contributed by atoms with E-state index in [0.29, 0.717) is 40.6 Å². The van der Waals surface area contributed by atoms with Crippen molar-refractivity contribution in [2.75, 3.05) is 19.3 Å². The van der Waals surface area contributed by atoms with Crippen molar-refractivity contribution in [1.82, 2.24) is 24.6 Å². The molecule has 0 spiro atoms. The molecule has 0 radical (unpaired) electrons. The number of carbonyl (C=O) groups is 1. The number of thioether (sulfide) groups is 1. The van der Waals surface area contributed by atoms with E-state index in [1.54, 1.807) is 23.2 Å². The first-order valence-electron chi connectivity index (χ1n) is 10.1. The van der Waals surface area contributed by atoms with Crippen LogP contribution in [-0.4, -0.2) is 56.2 Å². The minimum absolute atomic E-state index is 0.0988. The Morgan fingerprint density at radius 2 is 2.03 bits per heavy atom. The van der Waals surface area contributed by atoms with Crippen LogP contribution in [0.1, 0.15) is 32.7 Å². The fraction of sp³-hybridized carbons (Fsp3) is 0.429. The molecule has 0 atom stereocenters. The summed E-state index contributed by atoms with van der Waals surface area (Å²) < 4.78 is 27.1. The summed E-state index contributed by atoms with van der Waals surface area (Å²) in [5, 5.41) is 5.16. The number of nitrogens with zero attached hydrogens (tertiary/aromatic N) is 5. The summed E-state index contributed by atoms with van der Waals surface area (Å²) in [6.07, 6.45) is 5.96. The molecule has 0 bridgehead atoms. The first-order chi connectivity index (χ1) is 15.0. The molecule has 0 aliphatic carbocycles. The lowest BCUT2D eigenvalue weighted by Crippen LogP contribution is -2.40. The zero-order valence-electron chi connectivity index (χ0n) is 17.6. The molecular weight excluding hydrogens is 421 g/mol. The van der Waals surface area contributed by atoms with Gasteiger partial charge in [0.2, 0.25) is 5.88 Å². The second kappa shape index (κ2) is 9.09. The molecule has 31 heavy (non-hydrogen) atoms. The maximum atomic E-state index is 14.1. The SMILES string of the molecule is CSc1ccc(Oc2ncnc3c2cnn3C2CCN(C(=O)OC(C)C)CC2)cc1F. The molecule has 0 unspecified atom stereocenters. The van der Waals surface area contributed by atoms with Crippen LogP contribution in [0.25, 0.3) is 11.0 Å². The normalized spacial score (nSPS) is 14.9. The number of amides is 1. The number of aromatic nitrogens is 4. The number of likely N-dealkylation sites (tertiary alicyclic amines) is 1. The van der Waals surface area contributed by atoms with Gasteiger partial charge in [0.25, 0.3) is 0 Å². The molecule has 1 aromatic carbocycles. The Morgan fingerprint density at radius 1 is 1.26 bits per heavy atom. The fourth-order valence-electron chi connectivity index (χ4n) is 3.58. The lowest BCUT2D eigenvalue weighted by atomic mass is 10.1. The lowest BCUT2D eigenvalue weighted by molar-refractivity contribution is 0.0656. The van der Waals surface area contributed by atoms with E-state index in [1.807, 2.05) is 24.8 Å². The number of carbonyl (C=O) groups excluding carboxylic acids is 1. The minimum atomic E-state index is -0.339. The van der Waals surface area contributed by atoms with Crippen LogP contribution in [0.15, 0.2) is 35.6 Å². The van der Waals surface area contributed by atoms with Crippen molar-refractivity contribution in [2.24, 2.45) is 0 Å². The average molecular weight is 446 g/mol. The number of rotatable bonds is 5. The van der Waals surface area contributed by atoms with Crippen molar-refractivity contribution < 1.29 is 18.7 Å². The molecule has 8 nitrogen and oxygen atoms in total. The molecule has 3 heterocycles. The summed E-state index contributed by atoms with van der Waals surface area (Å²) in [5.74, 6) is 0.347. The Morgan fingerprint density at radius 3 is 2.71 bits per heavy atom. The summed E-state index contributed by atoms with van der Waals surface area (Å²) in [5.41, 5.74) is 0.648. The Hall–Kier alpha value is -2.88. The Kier molecular flexibility index (Phi) is 6.26.